The van der Waals surface area contributed by atoms with Crippen LogP contribution in [-0.4, -0.2) is 32.0 Å². The summed E-state index contributed by atoms with van der Waals surface area (Å²) in [4.78, 5) is 11.1. The Labute approximate surface area is 115 Å². The summed E-state index contributed by atoms with van der Waals surface area (Å²) in [5.41, 5.74) is 0.400. The third-order valence-electron chi connectivity index (χ3n) is 2.31. The van der Waals surface area contributed by atoms with Gasteiger partial charge in [-0.15, -0.1) is 0 Å². The fourth-order valence-electron chi connectivity index (χ4n) is 1.43. The van der Waals surface area contributed by atoms with Gasteiger partial charge in [0.1, 0.15) is 0 Å². The van der Waals surface area contributed by atoms with Crippen LogP contribution < -0.4 is 0 Å². The maximum absolute atomic E-state index is 12.1. The number of carbonyl (C=O) groups excluding carboxylic acids is 1. The van der Waals surface area contributed by atoms with E-state index in [1.165, 1.54) is 0 Å². The van der Waals surface area contributed by atoms with E-state index in [4.69, 9.17) is 13.8 Å². The molecule has 0 spiro atoms. The van der Waals surface area contributed by atoms with E-state index in [-0.39, 0.29) is 5.97 Å². The molecule has 112 valence electrons. The van der Waals surface area contributed by atoms with Crippen LogP contribution in [0.5, 0.6) is 0 Å². The van der Waals surface area contributed by atoms with Crippen molar-refractivity contribution >= 4 is 13.6 Å². The Morgan fingerprint density at radius 1 is 1.11 bits per heavy atom. The van der Waals surface area contributed by atoms with E-state index < -0.39 is 7.60 Å². The van der Waals surface area contributed by atoms with Crippen LogP contribution >= 0.6 is 7.60 Å². The van der Waals surface area contributed by atoms with Crippen molar-refractivity contribution < 1.29 is 23.1 Å². The molecule has 0 saturated carbocycles. The molecule has 0 unspecified atom stereocenters. The maximum atomic E-state index is 12.1. The SMILES string of the molecule is C=C(C)C(=O)OCCCCCP(=O)(OCC)OCC. The zero-order chi connectivity index (χ0) is 14.7. The summed E-state index contributed by atoms with van der Waals surface area (Å²) in [7, 11) is -2.92. The Hall–Kier alpha value is -0.640. The second kappa shape index (κ2) is 10.2. The highest BCUT2D eigenvalue weighted by molar-refractivity contribution is 7.53. The van der Waals surface area contributed by atoms with E-state index in [9.17, 15) is 9.36 Å². The molecule has 0 rings (SSSR count). The van der Waals surface area contributed by atoms with E-state index in [1.54, 1.807) is 20.8 Å². The molecule has 0 aromatic rings. The average Bonchev–Trinajstić information content (AvgIpc) is 2.33. The van der Waals surface area contributed by atoms with Crippen molar-refractivity contribution in [1.29, 1.82) is 0 Å². The molecular formula is C13H25O5P. The Bertz CT molecular complexity index is 317. The van der Waals surface area contributed by atoms with Gasteiger partial charge in [-0.1, -0.05) is 6.58 Å². The smallest absolute Gasteiger partial charge is 0.333 e. The molecule has 6 heteroatoms. The third kappa shape index (κ3) is 8.98. The number of unbranched alkanes of at least 4 members (excludes halogenated alkanes) is 2. The van der Waals surface area contributed by atoms with Gasteiger partial charge >= 0.3 is 13.6 Å². The molecule has 0 aliphatic rings. The minimum atomic E-state index is -2.92. The molecule has 0 bridgehead atoms. The van der Waals surface area contributed by atoms with Gasteiger partial charge < -0.3 is 13.8 Å². The van der Waals surface area contributed by atoms with E-state index in [1.807, 2.05) is 0 Å². The largest absolute Gasteiger partial charge is 0.462 e. The summed E-state index contributed by atoms with van der Waals surface area (Å²) >= 11 is 0. The zero-order valence-electron chi connectivity index (χ0n) is 12.1. The molecule has 0 atom stereocenters. The molecule has 5 nitrogen and oxygen atoms in total. The fourth-order valence-corrected chi connectivity index (χ4v) is 3.16. The second-order valence-electron chi connectivity index (χ2n) is 4.15. The normalized spacial score (nSPS) is 11.3. The summed E-state index contributed by atoms with van der Waals surface area (Å²) in [6.07, 6.45) is 2.68. The van der Waals surface area contributed by atoms with Gasteiger partial charge in [0.2, 0.25) is 0 Å². The molecule has 0 aromatic heterocycles. The van der Waals surface area contributed by atoms with Crippen LogP contribution in [0.1, 0.15) is 40.0 Å². The number of esters is 1. The predicted molar refractivity (Wildman–Crippen MR) is 75.3 cm³/mol. The first-order valence-corrected chi connectivity index (χ1v) is 8.38. The molecule has 0 aliphatic heterocycles. The summed E-state index contributed by atoms with van der Waals surface area (Å²) < 4.78 is 27.4. The van der Waals surface area contributed by atoms with Crippen molar-refractivity contribution in [3.8, 4) is 0 Å². The van der Waals surface area contributed by atoms with Gasteiger partial charge in [-0.05, 0) is 40.0 Å². The van der Waals surface area contributed by atoms with Crippen LogP contribution in [0.3, 0.4) is 0 Å². The van der Waals surface area contributed by atoms with Crippen molar-refractivity contribution in [3.05, 3.63) is 12.2 Å². The average molecular weight is 292 g/mol. The lowest BCUT2D eigenvalue weighted by atomic mass is 10.3. The zero-order valence-corrected chi connectivity index (χ0v) is 13.0. The highest BCUT2D eigenvalue weighted by Crippen LogP contribution is 2.48. The molecule has 0 aromatic carbocycles. The lowest BCUT2D eigenvalue weighted by Crippen LogP contribution is -2.06. The minimum absolute atomic E-state index is 0.360. The number of carbonyl (C=O) groups is 1. The van der Waals surface area contributed by atoms with Gasteiger partial charge in [0.15, 0.2) is 0 Å². The monoisotopic (exact) mass is 292 g/mol. The Morgan fingerprint density at radius 2 is 1.68 bits per heavy atom. The van der Waals surface area contributed by atoms with E-state index in [0.717, 1.165) is 19.3 Å². The molecule has 0 amide bonds. The number of hydrogen-bond acceptors (Lipinski definition) is 5. The van der Waals surface area contributed by atoms with Crippen molar-refractivity contribution in [3.63, 3.8) is 0 Å². The van der Waals surface area contributed by atoms with Gasteiger partial charge in [0.25, 0.3) is 0 Å². The summed E-state index contributed by atoms with van der Waals surface area (Å²) in [5, 5.41) is 0. The van der Waals surface area contributed by atoms with Gasteiger partial charge in [-0.25, -0.2) is 4.79 Å². The van der Waals surface area contributed by atoms with Gasteiger partial charge in [-0.3, -0.25) is 4.57 Å². The van der Waals surface area contributed by atoms with E-state index in [0.29, 0.717) is 31.6 Å². The van der Waals surface area contributed by atoms with Crippen LogP contribution in [0.2, 0.25) is 0 Å². The van der Waals surface area contributed by atoms with Crippen LogP contribution in [0.4, 0.5) is 0 Å². The Morgan fingerprint density at radius 3 is 2.16 bits per heavy atom. The van der Waals surface area contributed by atoms with Gasteiger partial charge in [0, 0.05) is 5.57 Å². The number of ether oxygens (including phenoxy) is 1. The first-order chi connectivity index (χ1) is 8.95. The first-order valence-electron chi connectivity index (χ1n) is 6.66. The van der Waals surface area contributed by atoms with Crippen LogP contribution in [0.15, 0.2) is 12.2 Å². The molecule has 19 heavy (non-hydrogen) atoms. The lowest BCUT2D eigenvalue weighted by molar-refractivity contribution is -0.139. The predicted octanol–water partition coefficient (Wildman–Crippen LogP) is 3.54. The molecule has 0 heterocycles. The summed E-state index contributed by atoms with van der Waals surface area (Å²) in [6, 6.07) is 0. The molecule has 0 aliphatic carbocycles. The molecular weight excluding hydrogens is 267 g/mol. The quantitative estimate of drug-likeness (QED) is 0.252. The van der Waals surface area contributed by atoms with Gasteiger partial charge in [0.05, 0.1) is 26.0 Å². The second-order valence-corrected chi connectivity index (χ2v) is 6.33. The van der Waals surface area contributed by atoms with E-state index >= 15 is 0 Å². The third-order valence-corrected chi connectivity index (χ3v) is 4.48. The highest BCUT2D eigenvalue weighted by atomic mass is 31.2. The summed E-state index contributed by atoms with van der Waals surface area (Å²) in [5.74, 6) is -0.366. The molecule has 0 saturated heterocycles. The maximum Gasteiger partial charge on any atom is 0.333 e. The van der Waals surface area contributed by atoms with Crippen molar-refractivity contribution in [2.45, 2.75) is 40.0 Å². The van der Waals surface area contributed by atoms with Crippen LogP contribution in [0, 0.1) is 0 Å². The van der Waals surface area contributed by atoms with Crippen LogP contribution in [0.25, 0.3) is 0 Å². The standard InChI is InChI=1S/C13H25O5P/c1-5-17-19(15,18-6-2)11-9-7-8-10-16-13(14)12(3)4/h3,5-11H2,1-2,4H3. The summed E-state index contributed by atoms with van der Waals surface area (Å²) in [6.45, 7) is 9.83. The minimum Gasteiger partial charge on any atom is -0.462 e. The first kappa shape index (κ1) is 18.4. The lowest BCUT2D eigenvalue weighted by Gasteiger charge is -2.16. The molecule has 0 radical (unpaired) electrons. The molecule has 0 fully saturated rings. The topological polar surface area (TPSA) is 61.8 Å². The molecule has 0 N–H and O–H groups in total. The Kier molecular flexibility index (Phi) is 9.84. The Balaban J connectivity index is 3.74. The van der Waals surface area contributed by atoms with E-state index in [2.05, 4.69) is 6.58 Å². The van der Waals surface area contributed by atoms with Crippen molar-refractivity contribution in [1.82, 2.24) is 0 Å². The number of hydrogen-bond donors (Lipinski definition) is 0. The van der Waals surface area contributed by atoms with Crippen LogP contribution in [-0.2, 0) is 23.1 Å². The number of rotatable bonds is 11. The van der Waals surface area contributed by atoms with Crippen molar-refractivity contribution in [2.75, 3.05) is 26.0 Å². The van der Waals surface area contributed by atoms with Gasteiger partial charge in [-0.2, -0.15) is 0 Å². The van der Waals surface area contributed by atoms with Crippen molar-refractivity contribution in [2.24, 2.45) is 0 Å². The fraction of sp³-hybridized carbons (Fsp3) is 0.769. The highest BCUT2D eigenvalue weighted by Gasteiger charge is 2.22.